The van der Waals surface area contributed by atoms with E-state index in [0.29, 0.717) is 5.56 Å². The summed E-state index contributed by atoms with van der Waals surface area (Å²) in [6.07, 6.45) is -10.6. The third-order valence-electron chi connectivity index (χ3n) is 4.14. The highest BCUT2D eigenvalue weighted by molar-refractivity contribution is 5.97. The summed E-state index contributed by atoms with van der Waals surface area (Å²) in [4.78, 5) is 34.8. The van der Waals surface area contributed by atoms with Gasteiger partial charge in [0.05, 0.1) is 16.7 Å². The summed E-state index contributed by atoms with van der Waals surface area (Å²) in [6.45, 7) is 0. The fourth-order valence-corrected chi connectivity index (χ4v) is 2.57. The molecule has 166 valence electrons. The van der Waals surface area contributed by atoms with E-state index >= 15 is 0 Å². The van der Waals surface area contributed by atoms with Crippen molar-refractivity contribution in [2.24, 2.45) is 5.73 Å². The molecule has 31 heavy (non-hydrogen) atoms. The van der Waals surface area contributed by atoms with E-state index in [1.165, 1.54) is 24.3 Å². The van der Waals surface area contributed by atoms with Gasteiger partial charge in [-0.2, -0.15) is 26.3 Å². The summed E-state index contributed by atoms with van der Waals surface area (Å²) < 4.78 is 77.7. The highest BCUT2D eigenvalue weighted by Gasteiger charge is 2.37. The van der Waals surface area contributed by atoms with Crippen molar-refractivity contribution in [2.45, 2.75) is 24.8 Å². The number of carboxylic acid groups (broad SMARTS) is 1. The van der Waals surface area contributed by atoms with Crippen LogP contribution in [0.5, 0.6) is 0 Å². The highest BCUT2D eigenvalue weighted by Crippen LogP contribution is 2.36. The van der Waals surface area contributed by atoms with Gasteiger partial charge in [0.15, 0.2) is 0 Å². The van der Waals surface area contributed by atoms with Gasteiger partial charge in [-0.15, -0.1) is 0 Å². The zero-order valence-electron chi connectivity index (χ0n) is 15.3. The van der Waals surface area contributed by atoms with E-state index in [2.05, 4.69) is 0 Å². The van der Waals surface area contributed by atoms with E-state index in [0.717, 1.165) is 0 Å². The van der Waals surface area contributed by atoms with Crippen LogP contribution < -0.4 is 11.1 Å². The van der Waals surface area contributed by atoms with Crippen molar-refractivity contribution in [1.82, 2.24) is 5.32 Å². The van der Waals surface area contributed by atoms with Gasteiger partial charge in [-0.3, -0.25) is 9.59 Å². The Morgan fingerprint density at radius 1 is 0.871 bits per heavy atom. The van der Waals surface area contributed by atoms with E-state index in [1.54, 1.807) is 0 Å². The zero-order valence-corrected chi connectivity index (χ0v) is 15.3. The number of primary amides is 1. The number of carboxylic acids is 1. The second-order valence-electron chi connectivity index (χ2n) is 6.43. The quantitative estimate of drug-likeness (QED) is 0.590. The molecule has 0 radical (unpaired) electrons. The number of rotatable bonds is 6. The Labute approximate surface area is 170 Å². The first-order valence-corrected chi connectivity index (χ1v) is 8.40. The minimum atomic E-state index is -5.15. The third-order valence-corrected chi connectivity index (χ3v) is 4.14. The van der Waals surface area contributed by atoms with Crippen LogP contribution in [0.2, 0.25) is 0 Å². The van der Waals surface area contributed by atoms with E-state index in [1.807, 2.05) is 5.32 Å². The molecule has 0 heterocycles. The lowest BCUT2D eigenvalue weighted by Crippen LogP contribution is -2.46. The lowest BCUT2D eigenvalue weighted by atomic mass is 10.0. The van der Waals surface area contributed by atoms with Crippen molar-refractivity contribution in [1.29, 1.82) is 0 Å². The molecule has 0 spiro atoms. The summed E-state index contributed by atoms with van der Waals surface area (Å²) in [7, 11) is 0. The minimum absolute atomic E-state index is 0.0629. The normalized spacial score (nSPS) is 12.8. The van der Waals surface area contributed by atoms with Gasteiger partial charge >= 0.3 is 18.3 Å². The molecule has 0 unspecified atom stereocenters. The van der Waals surface area contributed by atoms with Gasteiger partial charge in [-0.1, -0.05) is 12.1 Å². The zero-order chi connectivity index (χ0) is 23.6. The van der Waals surface area contributed by atoms with Crippen molar-refractivity contribution in [3.05, 3.63) is 70.3 Å². The van der Waals surface area contributed by atoms with Gasteiger partial charge in [-0.25, -0.2) is 4.79 Å². The molecule has 0 aromatic heterocycles. The lowest BCUT2D eigenvalue weighted by Gasteiger charge is -2.18. The number of amides is 2. The SMILES string of the molecule is NC(=O)[C@@H](Cc1ccc(C(=O)O)cc1)NC(=O)c1cc(C(F)(F)F)cc(C(F)(F)F)c1. The van der Waals surface area contributed by atoms with E-state index < -0.39 is 52.9 Å². The first-order valence-electron chi connectivity index (χ1n) is 8.40. The molecule has 1 atom stereocenters. The number of aromatic carboxylic acids is 1. The van der Waals surface area contributed by atoms with Gasteiger partial charge in [0.1, 0.15) is 6.04 Å². The Hall–Kier alpha value is -3.57. The standard InChI is InChI=1S/C19H14F6N2O4/c20-18(21,22)12-6-11(7-13(8-12)19(23,24)25)16(29)27-14(15(26)28)5-9-1-3-10(4-2-9)17(30)31/h1-4,6-8,14H,5H2,(H2,26,28)(H,27,29)(H,30,31)/t14-/m1/s1. The first-order chi connectivity index (χ1) is 14.2. The van der Waals surface area contributed by atoms with Gasteiger partial charge in [0, 0.05) is 12.0 Å². The Morgan fingerprint density at radius 3 is 1.74 bits per heavy atom. The average molecular weight is 448 g/mol. The maximum atomic E-state index is 13.0. The largest absolute Gasteiger partial charge is 0.478 e. The Balaban J connectivity index is 2.31. The molecule has 0 aliphatic carbocycles. The molecule has 0 saturated carbocycles. The monoisotopic (exact) mass is 448 g/mol. The highest BCUT2D eigenvalue weighted by atomic mass is 19.4. The van der Waals surface area contributed by atoms with Crippen molar-refractivity contribution < 1.29 is 45.8 Å². The van der Waals surface area contributed by atoms with Gasteiger partial charge in [0.25, 0.3) is 5.91 Å². The molecule has 2 amide bonds. The predicted molar refractivity (Wildman–Crippen MR) is 94.0 cm³/mol. The molecule has 2 aromatic rings. The van der Waals surface area contributed by atoms with Gasteiger partial charge in [0.2, 0.25) is 5.91 Å². The summed E-state index contributed by atoms with van der Waals surface area (Å²) in [6, 6.07) is 3.89. The Kier molecular flexibility index (Phi) is 6.62. The average Bonchev–Trinajstić information content (AvgIpc) is 2.66. The summed E-state index contributed by atoms with van der Waals surface area (Å²) in [5.74, 6) is -3.68. The van der Waals surface area contributed by atoms with Crippen LogP contribution in [0.3, 0.4) is 0 Å². The number of halogens is 6. The molecule has 0 fully saturated rings. The molecule has 4 N–H and O–H groups in total. The van der Waals surface area contributed by atoms with Crippen molar-refractivity contribution >= 4 is 17.8 Å². The third kappa shape index (κ3) is 6.20. The van der Waals surface area contributed by atoms with Gasteiger partial charge < -0.3 is 16.2 Å². The van der Waals surface area contributed by atoms with Crippen LogP contribution in [0.15, 0.2) is 42.5 Å². The Bertz CT molecular complexity index is 968. The number of hydrogen-bond donors (Lipinski definition) is 3. The topological polar surface area (TPSA) is 109 Å². The maximum absolute atomic E-state index is 13.0. The molecular weight excluding hydrogens is 434 g/mol. The van der Waals surface area contributed by atoms with E-state index in [-0.39, 0.29) is 30.2 Å². The van der Waals surface area contributed by atoms with Crippen molar-refractivity contribution in [2.75, 3.05) is 0 Å². The number of alkyl halides is 6. The van der Waals surface area contributed by atoms with Crippen LogP contribution in [0.4, 0.5) is 26.3 Å². The molecule has 2 rings (SSSR count). The summed E-state index contributed by atoms with van der Waals surface area (Å²) >= 11 is 0. The second-order valence-corrected chi connectivity index (χ2v) is 6.43. The molecule has 0 bridgehead atoms. The van der Waals surface area contributed by atoms with Gasteiger partial charge in [-0.05, 0) is 35.9 Å². The molecule has 2 aromatic carbocycles. The second kappa shape index (κ2) is 8.66. The van der Waals surface area contributed by atoms with Crippen molar-refractivity contribution in [3.8, 4) is 0 Å². The van der Waals surface area contributed by atoms with E-state index in [4.69, 9.17) is 10.8 Å². The fraction of sp³-hybridized carbons (Fsp3) is 0.211. The van der Waals surface area contributed by atoms with Crippen LogP contribution in [-0.2, 0) is 23.6 Å². The molecule has 6 nitrogen and oxygen atoms in total. The molecular formula is C19H14F6N2O4. The number of nitrogens with two attached hydrogens (primary N) is 1. The smallest absolute Gasteiger partial charge is 0.416 e. The number of carbonyl (C=O) groups is 3. The van der Waals surface area contributed by atoms with Crippen LogP contribution in [0, 0.1) is 0 Å². The van der Waals surface area contributed by atoms with Crippen LogP contribution in [0.25, 0.3) is 0 Å². The van der Waals surface area contributed by atoms with Crippen LogP contribution >= 0.6 is 0 Å². The van der Waals surface area contributed by atoms with Crippen LogP contribution in [0.1, 0.15) is 37.4 Å². The predicted octanol–water partition coefficient (Wildman–Crippen LogP) is 3.25. The maximum Gasteiger partial charge on any atom is 0.416 e. The molecule has 0 saturated heterocycles. The molecule has 12 heteroatoms. The first kappa shape index (κ1) is 23.7. The summed E-state index contributed by atoms with van der Waals surface area (Å²) in [5.41, 5.74) is 1.12. The summed E-state index contributed by atoms with van der Waals surface area (Å²) in [5, 5.41) is 10.9. The minimum Gasteiger partial charge on any atom is -0.478 e. The van der Waals surface area contributed by atoms with Crippen LogP contribution in [-0.4, -0.2) is 28.9 Å². The number of nitrogens with one attached hydrogen (secondary N) is 1. The number of carbonyl (C=O) groups excluding carboxylic acids is 2. The molecule has 0 aliphatic rings. The Morgan fingerprint density at radius 2 is 1.35 bits per heavy atom. The molecule has 0 aliphatic heterocycles. The number of hydrogen-bond acceptors (Lipinski definition) is 3. The lowest BCUT2D eigenvalue weighted by molar-refractivity contribution is -0.143. The van der Waals surface area contributed by atoms with E-state index in [9.17, 15) is 40.7 Å². The fourth-order valence-electron chi connectivity index (χ4n) is 2.57. The van der Waals surface area contributed by atoms with Crippen molar-refractivity contribution in [3.63, 3.8) is 0 Å². The number of benzene rings is 2.